The predicted octanol–water partition coefficient (Wildman–Crippen LogP) is 3.36. The molecule has 6 nitrogen and oxygen atoms in total. The third-order valence-corrected chi connectivity index (χ3v) is 7.80. The number of rotatable bonds is 9. The van der Waals surface area contributed by atoms with Gasteiger partial charge in [-0.05, 0) is 44.0 Å². The van der Waals surface area contributed by atoms with Crippen molar-refractivity contribution in [2.45, 2.75) is 57.4 Å². The van der Waals surface area contributed by atoms with Gasteiger partial charge in [-0.3, -0.25) is 4.79 Å². The molecule has 0 bridgehead atoms. The average molecular weight is 430 g/mol. The predicted molar refractivity (Wildman–Crippen MR) is 113 cm³/mol. The molecule has 1 aliphatic heterocycles. The summed E-state index contributed by atoms with van der Waals surface area (Å²) in [6.45, 7) is 9.51. The Morgan fingerprint density at radius 2 is 1.86 bits per heavy atom. The zero-order chi connectivity index (χ0) is 20.7. The lowest BCUT2D eigenvalue weighted by Gasteiger charge is -2.32. The van der Waals surface area contributed by atoms with Crippen molar-refractivity contribution in [2.75, 3.05) is 32.7 Å². The zero-order valence-electron chi connectivity index (χ0n) is 17.1. The third kappa shape index (κ3) is 5.69. The Morgan fingerprint density at radius 1 is 1.21 bits per heavy atom. The number of carbonyl (C=O) groups excluding carboxylic acids is 1. The minimum atomic E-state index is -3.72. The van der Waals surface area contributed by atoms with E-state index in [-0.39, 0.29) is 21.9 Å². The van der Waals surface area contributed by atoms with E-state index in [2.05, 4.69) is 17.1 Å². The van der Waals surface area contributed by atoms with Crippen LogP contribution in [0.2, 0.25) is 5.02 Å². The Morgan fingerprint density at radius 3 is 2.43 bits per heavy atom. The molecule has 1 heterocycles. The molecule has 1 saturated heterocycles. The molecule has 0 atom stereocenters. The van der Waals surface area contributed by atoms with Gasteiger partial charge in [-0.15, -0.1) is 0 Å². The number of benzene rings is 1. The van der Waals surface area contributed by atoms with Crippen molar-refractivity contribution in [2.24, 2.45) is 0 Å². The van der Waals surface area contributed by atoms with E-state index in [4.69, 9.17) is 11.6 Å². The largest absolute Gasteiger partial charge is 0.349 e. The van der Waals surface area contributed by atoms with E-state index in [0.717, 1.165) is 32.5 Å². The molecule has 0 aromatic heterocycles. The number of amides is 1. The Balaban J connectivity index is 2.07. The van der Waals surface area contributed by atoms with Crippen LogP contribution in [0.3, 0.4) is 0 Å². The van der Waals surface area contributed by atoms with Crippen molar-refractivity contribution in [3.8, 4) is 0 Å². The summed E-state index contributed by atoms with van der Waals surface area (Å²) in [5, 5.41) is 3.18. The lowest BCUT2D eigenvalue weighted by atomic mass is 10.0. The molecule has 158 valence electrons. The van der Waals surface area contributed by atoms with Crippen LogP contribution in [0.15, 0.2) is 23.1 Å². The smallest absolute Gasteiger partial charge is 0.251 e. The second-order valence-corrected chi connectivity index (χ2v) is 9.49. The maximum absolute atomic E-state index is 12.8. The molecule has 0 spiro atoms. The summed E-state index contributed by atoms with van der Waals surface area (Å²) in [5.74, 6) is -0.250. The molecule has 1 aromatic rings. The van der Waals surface area contributed by atoms with E-state index in [1.165, 1.54) is 29.3 Å². The Kier molecular flexibility index (Phi) is 8.74. The maximum atomic E-state index is 12.8. The lowest BCUT2D eigenvalue weighted by molar-refractivity contribution is 0.0910. The lowest BCUT2D eigenvalue weighted by Crippen LogP contribution is -2.44. The summed E-state index contributed by atoms with van der Waals surface area (Å²) in [6, 6.07) is 4.57. The van der Waals surface area contributed by atoms with Crippen LogP contribution in [0.5, 0.6) is 0 Å². The van der Waals surface area contributed by atoms with Gasteiger partial charge in [-0.2, -0.15) is 4.31 Å². The number of halogens is 1. The van der Waals surface area contributed by atoms with Gasteiger partial charge >= 0.3 is 0 Å². The molecule has 8 heteroatoms. The van der Waals surface area contributed by atoms with E-state index in [0.29, 0.717) is 18.7 Å². The number of sulfonamides is 1. The number of unbranched alkanes of at least 4 members (excludes halogenated alkanes) is 1. The number of likely N-dealkylation sites (tertiary alicyclic amines) is 1. The fourth-order valence-electron chi connectivity index (χ4n) is 3.50. The number of piperidine rings is 1. The molecule has 1 fully saturated rings. The summed E-state index contributed by atoms with van der Waals surface area (Å²) in [7, 11) is -3.72. The van der Waals surface area contributed by atoms with E-state index < -0.39 is 10.0 Å². The van der Waals surface area contributed by atoms with Crippen molar-refractivity contribution in [3.63, 3.8) is 0 Å². The molecule has 1 amide bonds. The number of hydrogen-bond acceptors (Lipinski definition) is 4. The van der Waals surface area contributed by atoms with Gasteiger partial charge in [-0.1, -0.05) is 38.8 Å². The van der Waals surface area contributed by atoms with Crippen LogP contribution in [0, 0.1) is 0 Å². The number of hydrogen-bond donors (Lipinski definition) is 1. The monoisotopic (exact) mass is 429 g/mol. The molecule has 0 radical (unpaired) electrons. The highest BCUT2D eigenvalue weighted by atomic mass is 35.5. The van der Waals surface area contributed by atoms with Gasteiger partial charge in [0.15, 0.2) is 0 Å². The topological polar surface area (TPSA) is 69.7 Å². The summed E-state index contributed by atoms with van der Waals surface area (Å²) in [5.41, 5.74) is 0.323. The Hall–Kier alpha value is -1.15. The minimum absolute atomic E-state index is 0.0140. The molecule has 0 unspecified atom stereocenters. The van der Waals surface area contributed by atoms with E-state index in [1.807, 2.05) is 0 Å². The molecular formula is C20H32ClN3O3S. The van der Waals surface area contributed by atoms with E-state index >= 15 is 0 Å². The standard InChI is InChI=1S/C20H32ClN3O3S/c1-4-7-12-23-13-10-17(11-14-23)22-20(25)16-8-9-18(21)19(15-16)28(26,27)24(5-2)6-3/h8-9,15,17H,4-7,10-14H2,1-3H3,(H,22,25). The van der Waals surface area contributed by atoms with Gasteiger partial charge < -0.3 is 10.2 Å². The van der Waals surface area contributed by atoms with Crippen molar-refractivity contribution < 1.29 is 13.2 Å². The van der Waals surface area contributed by atoms with E-state index in [9.17, 15) is 13.2 Å². The molecule has 0 aliphatic carbocycles. The third-order valence-electron chi connectivity index (χ3n) is 5.27. The number of carbonyl (C=O) groups is 1. The number of nitrogens with zero attached hydrogens (tertiary/aromatic N) is 2. The first-order valence-electron chi connectivity index (χ1n) is 10.2. The second kappa shape index (κ2) is 10.6. The van der Waals surface area contributed by atoms with Gasteiger partial charge in [0.1, 0.15) is 4.90 Å². The molecule has 1 N–H and O–H groups in total. The van der Waals surface area contributed by atoms with Crippen LogP contribution in [0.1, 0.15) is 56.8 Å². The van der Waals surface area contributed by atoms with Gasteiger partial charge in [0.25, 0.3) is 5.91 Å². The van der Waals surface area contributed by atoms with Gasteiger partial charge in [0.05, 0.1) is 5.02 Å². The summed E-state index contributed by atoms with van der Waals surface area (Å²) in [4.78, 5) is 15.1. The summed E-state index contributed by atoms with van der Waals surface area (Å²) >= 11 is 6.15. The first-order chi connectivity index (χ1) is 13.3. The van der Waals surface area contributed by atoms with Crippen LogP contribution in [-0.2, 0) is 10.0 Å². The fraction of sp³-hybridized carbons (Fsp3) is 0.650. The van der Waals surface area contributed by atoms with Crippen molar-refractivity contribution in [1.29, 1.82) is 0 Å². The number of nitrogens with one attached hydrogen (secondary N) is 1. The van der Waals surface area contributed by atoms with Gasteiger partial charge in [-0.25, -0.2) is 8.42 Å². The van der Waals surface area contributed by atoms with Crippen LogP contribution < -0.4 is 5.32 Å². The first kappa shape index (κ1) is 23.1. The van der Waals surface area contributed by atoms with E-state index in [1.54, 1.807) is 19.9 Å². The van der Waals surface area contributed by atoms with Crippen molar-refractivity contribution >= 4 is 27.5 Å². The highest BCUT2D eigenvalue weighted by Crippen LogP contribution is 2.26. The van der Waals surface area contributed by atoms with Crippen molar-refractivity contribution in [3.05, 3.63) is 28.8 Å². The van der Waals surface area contributed by atoms with Crippen molar-refractivity contribution in [1.82, 2.24) is 14.5 Å². The first-order valence-corrected chi connectivity index (χ1v) is 12.0. The molecule has 0 saturated carbocycles. The van der Waals surface area contributed by atoms with Gasteiger partial charge in [0, 0.05) is 37.8 Å². The normalized spacial score (nSPS) is 16.5. The molecular weight excluding hydrogens is 398 g/mol. The fourth-order valence-corrected chi connectivity index (χ4v) is 5.45. The molecule has 1 aliphatic rings. The van der Waals surface area contributed by atoms with Gasteiger partial charge in [0.2, 0.25) is 10.0 Å². The van der Waals surface area contributed by atoms with Crippen LogP contribution in [0.25, 0.3) is 0 Å². The average Bonchev–Trinajstić information content (AvgIpc) is 2.68. The quantitative estimate of drug-likeness (QED) is 0.653. The highest BCUT2D eigenvalue weighted by molar-refractivity contribution is 7.89. The maximum Gasteiger partial charge on any atom is 0.251 e. The Labute approximate surface area is 174 Å². The van der Waals surface area contributed by atoms with Crippen LogP contribution in [0.4, 0.5) is 0 Å². The minimum Gasteiger partial charge on any atom is -0.349 e. The SMILES string of the molecule is CCCCN1CCC(NC(=O)c2ccc(Cl)c(S(=O)(=O)N(CC)CC)c2)CC1. The molecule has 2 rings (SSSR count). The highest BCUT2D eigenvalue weighted by Gasteiger charge is 2.26. The van der Waals surface area contributed by atoms with Crippen LogP contribution >= 0.6 is 11.6 Å². The Bertz CT molecular complexity index is 758. The molecule has 1 aromatic carbocycles. The molecule has 28 heavy (non-hydrogen) atoms. The zero-order valence-corrected chi connectivity index (χ0v) is 18.7. The summed E-state index contributed by atoms with van der Waals surface area (Å²) < 4.78 is 26.9. The van der Waals surface area contributed by atoms with Crippen LogP contribution in [-0.4, -0.2) is 62.3 Å². The summed E-state index contributed by atoms with van der Waals surface area (Å²) in [6.07, 6.45) is 4.21. The second-order valence-electron chi connectivity index (χ2n) is 7.18.